The molecule has 3 N–H and O–H groups in total. The van der Waals surface area contributed by atoms with E-state index in [0.717, 1.165) is 0 Å². The Morgan fingerprint density at radius 1 is 1.32 bits per heavy atom. The monoisotopic (exact) mass is 310 g/mol. The Balaban J connectivity index is 4.12. The first-order valence-corrected chi connectivity index (χ1v) is 7.09. The van der Waals surface area contributed by atoms with Crippen LogP contribution in [0.2, 0.25) is 0 Å². The molecule has 0 bridgehead atoms. The molecule has 0 aliphatic carbocycles. The van der Waals surface area contributed by atoms with Crippen LogP contribution in [-0.4, -0.2) is 35.9 Å². The van der Waals surface area contributed by atoms with Crippen molar-refractivity contribution in [2.24, 2.45) is 5.41 Å². The zero-order valence-corrected chi connectivity index (χ0v) is 13.7. The summed E-state index contributed by atoms with van der Waals surface area (Å²) in [5.41, 5.74) is -0.438. The number of aliphatic hydroxyl groups is 1. The van der Waals surface area contributed by atoms with Crippen LogP contribution in [-0.2, 0) is 14.3 Å². The van der Waals surface area contributed by atoms with E-state index in [9.17, 15) is 14.7 Å². The molecule has 0 saturated carbocycles. The smallest absolute Gasteiger partial charge is 0.245 e. The number of rotatable bonds is 9. The second kappa shape index (κ2) is 9.23. The molecule has 0 radical (unpaired) electrons. The summed E-state index contributed by atoms with van der Waals surface area (Å²) < 4.78 is 5.27. The molecule has 0 heterocycles. The lowest BCUT2D eigenvalue weighted by molar-refractivity contribution is -0.192. The Labute approximate surface area is 132 Å². The van der Waals surface area contributed by atoms with Crippen molar-refractivity contribution < 1.29 is 19.4 Å². The first-order valence-electron chi connectivity index (χ1n) is 7.09. The first kappa shape index (κ1) is 20.2. The van der Waals surface area contributed by atoms with Crippen LogP contribution in [0.25, 0.3) is 0 Å². The molecule has 0 spiro atoms. The third-order valence-corrected chi connectivity index (χ3v) is 2.50. The summed E-state index contributed by atoms with van der Waals surface area (Å²) in [4.78, 5) is 23.1. The Morgan fingerprint density at radius 2 is 1.95 bits per heavy atom. The first-order chi connectivity index (χ1) is 10.1. The van der Waals surface area contributed by atoms with Gasteiger partial charge in [-0.1, -0.05) is 13.8 Å². The maximum absolute atomic E-state index is 11.8. The SMILES string of the molecule is C#CCCNC(=O)/C=C/NC(=O)CC(C)(C)COC(C)(C)O. The minimum atomic E-state index is -1.23. The summed E-state index contributed by atoms with van der Waals surface area (Å²) in [7, 11) is 0. The third-order valence-electron chi connectivity index (χ3n) is 2.50. The van der Waals surface area contributed by atoms with Crippen LogP contribution in [0, 0.1) is 17.8 Å². The molecule has 0 rings (SSSR count). The molecular formula is C16H26N2O4. The second-order valence-corrected chi connectivity index (χ2v) is 6.22. The molecule has 124 valence electrons. The highest BCUT2D eigenvalue weighted by molar-refractivity contribution is 5.88. The van der Waals surface area contributed by atoms with E-state index in [1.54, 1.807) is 0 Å². The van der Waals surface area contributed by atoms with Crippen molar-refractivity contribution in [3.63, 3.8) is 0 Å². The van der Waals surface area contributed by atoms with Crippen molar-refractivity contribution in [1.82, 2.24) is 10.6 Å². The van der Waals surface area contributed by atoms with Crippen LogP contribution in [0.1, 0.15) is 40.5 Å². The summed E-state index contributed by atoms with van der Waals surface area (Å²) in [6, 6.07) is 0. The molecule has 6 heteroatoms. The molecule has 0 aliphatic heterocycles. The fourth-order valence-electron chi connectivity index (χ4n) is 1.44. The van der Waals surface area contributed by atoms with E-state index in [4.69, 9.17) is 11.2 Å². The highest BCUT2D eigenvalue weighted by Gasteiger charge is 2.25. The van der Waals surface area contributed by atoms with Crippen LogP contribution in [0.3, 0.4) is 0 Å². The van der Waals surface area contributed by atoms with Gasteiger partial charge in [0.2, 0.25) is 11.8 Å². The Bertz CT molecular complexity index is 442. The minimum absolute atomic E-state index is 0.201. The van der Waals surface area contributed by atoms with E-state index < -0.39 is 11.2 Å². The molecule has 0 aliphatic rings. The lowest BCUT2D eigenvalue weighted by Gasteiger charge is -2.28. The van der Waals surface area contributed by atoms with Crippen LogP contribution >= 0.6 is 0 Å². The van der Waals surface area contributed by atoms with Gasteiger partial charge >= 0.3 is 0 Å². The molecule has 0 unspecified atom stereocenters. The fraction of sp³-hybridized carbons (Fsp3) is 0.625. The van der Waals surface area contributed by atoms with Gasteiger partial charge in [-0.15, -0.1) is 12.3 Å². The average molecular weight is 310 g/mol. The van der Waals surface area contributed by atoms with Gasteiger partial charge in [0.1, 0.15) is 0 Å². The number of carbonyl (C=O) groups is 2. The standard InChI is InChI=1S/C16H26N2O4/c1-6-7-9-17-13(19)8-10-18-14(20)11-15(2,3)12-22-16(4,5)21/h1,8,10,21H,7,9,11-12H2,2-5H3,(H,17,19)(H,18,20)/b10-8+. The molecule has 0 aromatic carbocycles. The molecule has 0 saturated heterocycles. The zero-order chi connectivity index (χ0) is 17.2. The zero-order valence-electron chi connectivity index (χ0n) is 13.7. The predicted octanol–water partition coefficient (Wildman–Crippen LogP) is 0.917. The summed E-state index contributed by atoms with van der Waals surface area (Å²) >= 11 is 0. The molecule has 0 atom stereocenters. The van der Waals surface area contributed by atoms with Crippen molar-refractivity contribution in [2.75, 3.05) is 13.2 Å². The van der Waals surface area contributed by atoms with Crippen LogP contribution in [0.4, 0.5) is 0 Å². The number of terminal acetylenes is 1. The maximum atomic E-state index is 11.8. The van der Waals surface area contributed by atoms with Gasteiger partial charge in [-0.2, -0.15) is 0 Å². The number of nitrogens with one attached hydrogen (secondary N) is 2. The van der Waals surface area contributed by atoms with Crippen molar-refractivity contribution in [3.8, 4) is 12.3 Å². The van der Waals surface area contributed by atoms with Crippen molar-refractivity contribution in [3.05, 3.63) is 12.3 Å². The predicted molar refractivity (Wildman–Crippen MR) is 84.4 cm³/mol. The Kier molecular flexibility index (Phi) is 8.46. The lowest BCUT2D eigenvalue weighted by atomic mass is 9.90. The largest absolute Gasteiger partial charge is 0.366 e. The highest BCUT2D eigenvalue weighted by atomic mass is 16.6. The summed E-state index contributed by atoms with van der Waals surface area (Å²) in [5.74, 6) is 0.617. The van der Waals surface area contributed by atoms with E-state index >= 15 is 0 Å². The summed E-state index contributed by atoms with van der Waals surface area (Å²) in [5, 5.41) is 14.6. The van der Waals surface area contributed by atoms with Gasteiger partial charge in [-0.3, -0.25) is 9.59 Å². The fourth-order valence-corrected chi connectivity index (χ4v) is 1.44. The molecule has 0 aromatic rings. The second-order valence-electron chi connectivity index (χ2n) is 6.22. The Hall–Kier alpha value is -1.84. The van der Waals surface area contributed by atoms with E-state index in [-0.39, 0.29) is 24.8 Å². The van der Waals surface area contributed by atoms with Gasteiger partial charge in [0.05, 0.1) is 6.61 Å². The number of ether oxygens (including phenoxy) is 1. The van der Waals surface area contributed by atoms with Gasteiger partial charge in [0, 0.05) is 31.7 Å². The van der Waals surface area contributed by atoms with Gasteiger partial charge < -0.3 is 20.5 Å². The van der Waals surface area contributed by atoms with E-state index in [2.05, 4.69) is 16.6 Å². The van der Waals surface area contributed by atoms with Crippen molar-refractivity contribution in [2.45, 2.75) is 46.3 Å². The summed E-state index contributed by atoms with van der Waals surface area (Å²) in [6.45, 7) is 7.41. The van der Waals surface area contributed by atoms with Crippen LogP contribution in [0.15, 0.2) is 12.3 Å². The molecule has 6 nitrogen and oxygen atoms in total. The highest BCUT2D eigenvalue weighted by Crippen LogP contribution is 2.22. The lowest BCUT2D eigenvalue weighted by Crippen LogP contribution is -2.33. The van der Waals surface area contributed by atoms with E-state index in [1.165, 1.54) is 26.1 Å². The van der Waals surface area contributed by atoms with Gasteiger partial charge in [-0.05, 0) is 19.3 Å². The molecule has 22 heavy (non-hydrogen) atoms. The number of hydrogen-bond acceptors (Lipinski definition) is 4. The van der Waals surface area contributed by atoms with Gasteiger partial charge in [0.25, 0.3) is 0 Å². The van der Waals surface area contributed by atoms with Crippen molar-refractivity contribution >= 4 is 11.8 Å². The maximum Gasteiger partial charge on any atom is 0.245 e. The van der Waals surface area contributed by atoms with Gasteiger partial charge in [0.15, 0.2) is 5.79 Å². The normalized spacial score (nSPS) is 12.0. The molecular weight excluding hydrogens is 284 g/mol. The topological polar surface area (TPSA) is 87.7 Å². The average Bonchev–Trinajstić information content (AvgIpc) is 2.35. The third kappa shape index (κ3) is 11.9. The molecule has 0 fully saturated rings. The summed E-state index contributed by atoms with van der Waals surface area (Å²) in [6.07, 6.45) is 8.25. The van der Waals surface area contributed by atoms with Crippen LogP contribution in [0.5, 0.6) is 0 Å². The van der Waals surface area contributed by atoms with E-state index in [1.807, 2.05) is 13.8 Å². The Morgan fingerprint density at radius 3 is 2.50 bits per heavy atom. The molecule has 2 amide bonds. The van der Waals surface area contributed by atoms with E-state index in [0.29, 0.717) is 13.0 Å². The van der Waals surface area contributed by atoms with Crippen molar-refractivity contribution in [1.29, 1.82) is 0 Å². The number of amides is 2. The quantitative estimate of drug-likeness (QED) is 0.256. The number of carbonyl (C=O) groups excluding carboxylic acids is 2. The van der Waals surface area contributed by atoms with Gasteiger partial charge in [-0.25, -0.2) is 0 Å². The van der Waals surface area contributed by atoms with Crippen LogP contribution < -0.4 is 10.6 Å². The molecule has 0 aromatic heterocycles. The minimum Gasteiger partial charge on any atom is -0.366 e. The number of hydrogen-bond donors (Lipinski definition) is 3.